The Kier molecular flexibility index (Phi) is 3.74. The number of halogens is 2. The predicted molar refractivity (Wildman–Crippen MR) is 79.0 cm³/mol. The third-order valence-corrected chi connectivity index (χ3v) is 4.32. The van der Waals surface area contributed by atoms with E-state index in [-0.39, 0.29) is 11.1 Å². The SMILES string of the molecule is NNC(CC1Cc2ccccc21)c1ccc(F)c(Cl)c1. The molecule has 0 aromatic heterocycles. The topological polar surface area (TPSA) is 38.0 Å². The molecule has 0 bridgehead atoms. The van der Waals surface area contributed by atoms with E-state index < -0.39 is 5.82 Å². The van der Waals surface area contributed by atoms with Crippen molar-refractivity contribution in [2.45, 2.75) is 24.8 Å². The minimum Gasteiger partial charge on any atom is -0.271 e. The largest absolute Gasteiger partial charge is 0.271 e. The van der Waals surface area contributed by atoms with Crippen LogP contribution < -0.4 is 11.3 Å². The Balaban J connectivity index is 1.77. The van der Waals surface area contributed by atoms with E-state index in [1.54, 1.807) is 12.1 Å². The van der Waals surface area contributed by atoms with E-state index in [0.717, 1.165) is 18.4 Å². The van der Waals surface area contributed by atoms with Crippen LogP contribution in [0.1, 0.15) is 35.1 Å². The first kappa shape index (κ1) is 13.6. The molecule has 0 radical (unpaired) electrons. The zero-order chi connectivity index (χ0) is 14.1. The number of fused-ring (bicyclic) bond motifs is 1. The second-order valence-electron chi connectivity index (χ2n) is 5.23. The first-order chi connectivity index (χ1) is 9.69. The number of rotatable bonds is 4. The van der Waals surface area contributed by atoms with E-state index in [4.69, 9.17) is 17.4 Å². The Morgan fingerprint density at radius 2 is 2.10 bits per heavy atom. The molecule has 2 aromatic rings. The molecule has 3 rings (SSSR count). The fourth-order valence-corrected chi connectivity index (χ4v) is 3.08. The Labute approximate surface area is 122 Å². The molecule has 0 saturated carbocycles. The van der Waals surface area contributed by atoms with Crippen LogP contribution in [0.2, 0.25) is 5.02 Å². The van der Waals surface area contributed by atoms with Crippen LogP contribution in [0, 0.1) is 5.82 Å². The molecule has 4 heteroatoms. The van der Waals surface area contributed by atoms with Gasteiger partial charge in [0.1, 0.15) is 5.82 Å². The van der Waals surface area contributed by atoms with Crippen molar-refractivity contribution in [1.29, 1.82) is 0 Å². The number of nitrogens with one attached hydrogen (secondary N) is 1. The minimum absolute atomic E-state index is 0.0218. The summed E-state index contributed by atoms with van der Waals surface area (Å²) in [5.74, 6) is 5.75. The zero-order valence-corrected chi connectivity index (χ0v) is 11.7. The molecule has 0 amide bonds. The molecule has 2 aromatic carbocycles. The maximum Gasteiger partial charge on any atom is 0.141 e. The van der Waals surface area contributed by atoms with Crippen molar-refractivity contribution in [2.75, 3.05) is 0 Å². The van der Waals surface area contributed by atoms with Gasteiger partial charge in [0.2, 0.25) is 0 Å². The van der Waals surface area contributed by atoms with Gasteiger partial charge in [0.25, 0.3) is 0 Å². The standard InChI is InChI=1S/C16H16ClFN2/c17-14-8-11(5-6-15(14)18)16(20-19)9-12-7-10-3-1-2-4-13(10)12/h1-6,8,12,16,20H,7,9,19H2. The van der Waals surface area contributed by atoms with Gasteiger partial charge in [-0.1, -0.05) is 41.9 Å². The maximum absolute atomic E-state index is 13.2. The van der Waals surface area contributed by atoms with Crippen LogP contribution in [0.4, 0.5) is 4.39 Å². The summed E-state index contributed by atoms with van der Waals surface area (Å²) in [5, 5.41) is 0.136. The van der Waals surface area contributed by atoms with Crippen molar-refractivity contribution in [3.63, 3.8) is 0 Å². The molecule has 1 aliphatic rings. The van der Waals surface area contributed by atoms with E-state index in [1.807, 2.05) is 0 Å². The third-order valence-electron chi connectivity index (χ3n) is 4.03. The van der Waals surface area contributed by atoms with Gasteiger partial charge in [0, 0.05) is 6.04 Å². The molecule has 0 saturated heterocycles. The average molecular weight is 291 g/mol. The van der Waals surface area contributed by atoms with Crippen LogP contribution in [0.25, 0.3) is 0 Å². The fraction of sp³-hybridized carbons (Fsp3) is 0.250. The summed E-state index contributed by atoms with van der Waals surface area (Å²) in [6.45, 7) is 0. The molecular formula is C16H16ClFN2. The van der Waals surface area contributed by atoms with Crippen molar-refractivity contribution in [3.05, 3.63) is 70.0 Å². The van der Waals surface area contributed by atoms with Gasteiger partial charge in [-0.05, 0) is 47.6 Å². The lowest BCUT2D eigenvalue weighted by molar-refractivity contribution is 0.435. The Morgan fingerprint density at radius 1 is 1.30 bits per heavy atom. The van der Waals surface area contributed by atoms with Crippen LogP contribution in [0.5, 0.6) is 0 Å². The van der Waals surface area contributed by atoms with Gasteiger partial charge in [0.15, 0.2) is 0 Å². The van der Waals surface area contributed by atoms with Crippen LogP contribution in [-0.4, -0.2) is 0 Å². The summed E-state index contributed by atoms with van der Waals surface area (Å²) in [5.41, 5.74) is 6.53. The molecule has 0 heterocycles. The lowest BCUT2D eigenvalue weighted by Crippen LogP contribution is -2.31. The smallest absolute Gasteiger partial charge is 0.141 e. The minimum atomic E-state index is -0.403. The highest BCUT2D eigenvalue weighted by Gasteiger charge is 2.28. The molecular weight excluding hydrogens is 275 g/mol. The normalized spacial score (nSPS) is 18.2. The van der Waals surface area contributed by atoms with E-state index in [1.165, 1.54) is 17.2 Å². The molecule has 0 fully saturated rings. The summed E-state index contributed by atoms with van der Waals surface area (Å²) in [7, 11) is 0. The molecule has 2 unspecified atom stereocenters. The van der Waals surface area contributed by atoms with Crippen LogP contribution >= 0.6 is 11.6 Å². The Hall–Kier alpha value is -1.42. The quantitative estimate of drug-likeness (QED) is 0.665. The van der Waals surface area contributed by atoms with Crippen molar-refractivity contribution >= 4 is 11.6 Å². The Bertz CT molecular complexity index is 630. The monoisotopic (exact) mass is 290 g/mol. The Morgan fingerprint density at radius 3 is 2.80 bits per heavy atom. The number of hydrazine groups is 1. The van der Waals surface area contributed by atoms with Crippen LogP contribution in [0.3, 0.4) is 0 Å². The summed E-state index contributed by atoms with van der Waals surface area (Å²) < 4.78 is 13.2. The molecule has 0 spiro atoms. The second-order valence-corrected chi connectivity index (χ2v) is 5.64. The van der Waals surface area contributed by atoms with Crippen molar-refractivity contribution in [1.82, 2.24) is 5.43 Å². The van der Waals surface area contributed by atoms with E-state index >= 15 is 0 Å². The van der Waals surface area contributed by atoms with Crippen molar-refractivity contribution in [3.8, 4) is 0 Å². The molecule has 104 valence electrons. The lowest BCUT2D eigenvalue weighted by Gasteiger charge is -2.33. The number of hydrogen-bond acceptors (Lipinski definition) is 2. The summed E-state index contributed by atoms with van der Waals surface area (Å²) in [6.07, 6.45) is 1.96. The predicted octanol–water partition coefficient (Wildman–Crippen LogP) is 3.71. The fourth-order valence-electron chi connectivity index (χ4n) is 2.89. The molecule has 3 N–H and O–H groups in total. The van der Waals surface area contributed by atoms with Crippen molar-refractivity contribution < 1.29 is 4.39 Å². The van der Waals surface area contributed by atoms with Gasteiger partial charge >= 0.3 is 0 Å². The molecule has 20 heavy (non-hydrogen) atoms. The van der Waals surface area contributed by atoms with Gasteiger partial charge in [-0.2, -0.15) is 0 Å². The van der Waals surface area contributed by atoms with E-state index in [9.17, 15) is 4.39 Å². The van der Waals surface area contributed by atoms with Gasteiger partial charge in [-0.3, -0.25) is 11.3 Å². The summed E-state index contributed by atoms with van der Waals surface area (Å²) in [6, 6.07) is 13.2. The maximum atomic E-state index is 13.2. The number of nitrogens with two attached hydrogens (primary N) is 1. The zero-order valence-electron chi connectivity index (χ0n) is 10.9. The summed E-state index contributed by atoms with van der Waals surface area (Å²) >= 11 is 5.84. The van der Waals surface area contributed by atoms with Crippen molar-refractivity contribution in [2.24, 2.45) is 5.84 Å². The summed E-state index contributed by atoms with van der Waals surface area (Å²) in [4.78, 5) is 0. The molecule has 2 nitrogen and oxygen atoms in total. The third kappa shape index (κ3) is 2.44. The first-order valence-electron chi connectivity index (χ1n) is 6.68. The highest BCUT2D eigenvalue weighted by atomic mass is 35.5. The highest BCUT2D eigenvalue weighted by Crippen LogP contribution is 2.40. The van der Waals surface area contributed by atoms with Crippen LogP contribution in [0.15, 0.2) is 42.5 Å². The van der Waals surface area contributed by atoms with Gasteiger partial charge in [0.05, 0.1) is 5.02 Å². The number of hydrogen-bond donors (Lipinski definition) is 2. The van der Waals surface area contributed by atoms with E-state index in [0.29, 0.717) is 5.92 Å². The first-order valence-corrected chi connectivity index (χ1v) is 7.05. The second kappa shape index (κ2) is 5.52. The van der Waals surface area contributed by atoms with Gasteiger partial charge in [-0.15, -0.1) is 0 Å². The molecule has 2 atom stereocenters. The van der Waals surface area contributed by atoms with Crippen LogP contribution in [-0.2, 0) is 6.42 Å². The van der Waals surface area contributed by atoms with E-state index in [2.05, 4.69) is 29.7 Å². The molecule has 0 aliphatic heterocycles. The lowest BCUT2D eigenvalue weighted by atomic mass is 9.74. The van der Waals surface area contributed by atoms with Gasteiger partial charge < -0.3 is 0 Å². The molecule has 1 aliphatic carbocycles. The average Bonchev–Trinajstić information content (AvgIpc) is 2.44. The number of benzene rings is 2. The van der Waals surface area contributed by atoms with Gasteiger partial charge in [-0.25, -0.2) is 4.39 Å². The highest BCUT2D eigenvalue weighted by molar-refractivity contribution is 6.30.